The Morgan fingerprint density at radius 3 is 2.00 bits per heavy atom. The summed E-state index contributed by atoms with van der Waals surface area (Å²) >= 11 is 1.36. The van der Waals surface area contributed by atoms with Crippen molar-refractivity contribution in [3.63, 3.8) is 0 Å². The highest BCUT2D eigenvalue weighted by molar-refractivity contribution is 8.00. The van der Waals surface area contributed by atoms with Gasteiger partial charge in [0.1, 0.15) is 0 Å². The van der Waals surface area contributed by atoms with Crippen LogP contribution in [0.4, 0.5) is 11.4 Å². The van der Waals surface area contributed by atoms with Crippen molar-refractivity contribution in [2.45, 2.75) is 28.9 Å². The number of ketones is 1. The second-order valence-corrected chi connectivity index (χ2v) is 9.92. The van der Waals surface area contributed by atoms with Gasteiger partial charge in [0.05, 0.1) is 10.1 Å². The Morgan fingerprint density at radius 2 is 1.42 bits per heavy atom. The van der Waals surface area contributed by atoms with Crippen molar-refractivity contribution in [3.05, 3.63) is 84.4 Å². The lowest BCUT2D eigenvalue weighted by Gasteiger charge is -2.13. The van der Waals surface area contributed by atoms with Crippen LogP contribution in [0.25, 0.3) is 0 Å². The highest BCUT2D eigenvalue weighted by Gasteiger charge is 2.16. The molecule has 0 aliphatic carbocycles. The number of thioether (sulfide) groups is 1. The number of sulfonamides is 1. The van der Waals surface area contributed by atoms with Gasteiger partial charge in [0.25, 0.3) is 10.0 Å². The van der Waals surface area contributed by atoms with Crippen molar-refractivity contribution in [1.82, 2.24) is 0 Å². The van der Waals surface area contributed by atoms with E-state index in [4.69, 9.17) is 0 Å². The SMILES string of the molecule is CC(=O)c1ccc(NC(=O)C(C)Sc2ccc(NS(=O)(=O)c3ccccc3)cc2)cc1. The maximum atomic E-state index is 12.5. The molecule has 3 rings (SSSR count). The fraction of sp³-hybridized carbons (Fsp3) is 0.130. The van der Waals surface area contributed by atoms with E-state index in [9.17, 15) is 18.0 Å². The van der Waals surface area contributed by atoms with Crippen LogP contribution >= 0.6 is 11.8 Å². The number of amides is 1. The van der Waals surface area contributed by atoms with Gasteiger partial charge in [-0.1, -0.05) is 18.2 Å². The third-order valence-corrected chi connectivity index (χ3v) is 6.91. The molecule has 3 aromatic rings. The number of Topliss-reactive ketones (excluding diaryl/α,β-unsaturated/α-hetero) is 1. The Kier molecular flexibility index (Phi) is 7.14. The Morgan fingerprint density at radius 1 is 0.839 bits per heavy atom. The smallest absolute Gasteiger partial charge is 0.261 e. The van der Waals surface area contributed by atoms with E-state index < -0.39 is 10.0 Å². The van der Waals surface area contributed by atoms with Crippen LogP contribution in [0.2, 0.25) is 0 Å². The maximum absolute atomic E-state index is 12.5. The summed E-state index contributed by atoms with van der Waals surface area (Å²) < 4.78 is 27.3. The zero-order valence-corrected chi connectivity index (χ0v) is 18.7. The van der Waals surface area contributed by atoms with Crippen molar-refractivity contribution in [2.75, 3.05) is 10.0 Å². The monoisotopic (exact) mass is 454 g/mol. The third kappa shape index (κ3) is 6.19. The Bertz CT molecular complexity index is 1160. The Labute approximate surface area is 186 Å². The van der Waals surface area contributed by atoms with Gasteiger partial charge in [0.2, 0.25) is 5.91 Å². The average molecular weight is 455 g/mol. The molecular formula is C23H22N2O4S2. The molecule has 6 nitrogen and oxygen atoms in total. The highest BCUT2D eigenvalue weighted by atomic mass is 32.2. The number of carbonyl (C=O) groups excluding carboxylic acids is 2. The van der Waals surface area contributed by atoms with E-state index >= 15 is 0 Å². The molecule has 8 heteroatoms. The lowest BCUT2D eigenvalue weighted by molar-refractivity contribution is -0.115. The molecule has 0 saturated carbocycles. The van der Waals surface area contributed by atoms with E-state index in [1.54, 1.807) is 73.7 Å². The summed E-state index contributed by atoms with van der Waals surface area (Å²) in [5.41, 5.74) is 1.65. The van der Waals surface area contributed by atoms with Gasteiger partial charge in [0.15, 0.2) is 5.78 Å². The van der Waals surface area contributed by atoms with E-state index in [0.717, 1.165) is 4.90 Å². The molecule has 1 amide bonds. The highest BCUT2D eigenvalue weighted by Crippen LogP contribution is 2.26. The van der Waals surface area contributed by atoms with Crippen LogP contribution in [0.1, 0.15) is 24.2 Å². The largest absolute Gasteiger partial charge is 0.325 e. The molecule has 1 atom stereocenters. The third-order valence-electron chi connectivity index (χ3n) is 4.40. The molecule has 160 valence electrons. The van der Waals surface area contributed by atoms with E-state index in [-0.39, 0.29) is 21.8 Å². The summed E-state index contributed by atoms with van der Waals surface area (Å²) in [6.45, 7) is 3.28. The second-order valence-electron chi connectivity index (χ2n) is 6.83. The standard InChI is InChI=1S/C23H22N2O4S2/c1-16(26)18-8-10-19(11-9-18)24-23(27)17(2)30-21-14-12-20(13-15-21)25-31(28,29)22-6-4-3-5-7-22/h3-15,17,25H,1-2H3,(H,24,27). The Hall–Kier alpha value is -3.10. The first-order valence-corrected chi connectivity index (χ1v) is 11.9. The molecule has 1 unspecified atom stereocenters. The maximum Gasteiger partial charge on any atom is 0.261 e. The summed E-state index contributed by atoms with van der Waals surface area (Å²) in [6, 6.07) is 21.7. The second kappa shape index (κ2) is 9.80. The molecule has 0 aliphatic heterocycles. The number of hydrogen-bond acceptors (Lipinski definition) is 5. The summed E-state index contributed by atoms with van der Waals surface area (Å²) in [5, 5.41) is 2.45. The van der Waals surface area contributed by atoms with Crippen LogP contribution < -0.4 is 10.0 Å². The zero-order chi connectivity index (χ0) is 22.4. The van der Waals surface area contributed by atoms with Gasteiger partial charge < -0.3 is 5.32 Å². The summed E-state index contributed by atoms with van der Waals surface area (Å²) in [7, 11) is -3.65. The molecule has 0 aliphatic rings. The molecule has 3 aromatic carbocycles. The number of benzene rings is 3. The molecule has 0 saturated heterocycles. The van der Waals surface area contributed by atoms with Crippen molar-refractivity contribution >= 4 is 44.9 Å². The molecule has 0 bridgehead atoms. The van der Waals surface area contributed by atoms with Crippen molar-refractivity contribution in [3.8, 4) is 0 Å². The minimum Gasteiger partial charge on any atom is -0.325 e. The predicted octanol–water partition coefficient (Wildman–Crippen LogP) is 4.81. The molecule has 0 spiro atoms. The number of nitrogens with one attached hydrogen (secondary N) is 2. The van der Waals surface area contributed by atoms with Gasteiger partial charge in [-0.25, -0.2) is 8.42 Å². The molecule has 0 radical (unpaired) electrons. The summed E-state index contributed by atoms with van der Waals surface area (Å²) in [6.07, 6.45) is 0. The van der Waals surface area contributed by atoms with Gasteiger partial charge >= 0.3 is 0 Å². The molecule has 2 N–H and O–H groups in total. The lowest BCUT2D eigenvalue weighted by Crippen LogP contribution is -2.22. The first kappa shape index (κ1) is 22.6. The molecule has 0 aromatic heterocycles. The summed E-state index contributed by atoms with van der Waals surface area (Å²) in [5.74, 6) is -0.203. The van der Waals surface area contributed by atoms with Gasteiger partial charge in [-0.2, -0.15) is 0 Å². The van der Waals surface area contributed by atoms with Crippen molar-refractivity contribution in [1.29, 1.82) is 0 Å². The molecule has 0 heterocycles. The van der Waals surface area contributed by atoms with Gasteiger partial charge in [0, 0.05) is 21.8 Å². The molecular weight excluding hydrogens is 432 g/mol. The summed E-state index contributed by atoms with van der Waals surface area (Å²) in [4.78, 5) is 24.8. The minimum absolute atomic E-state index is 0.0312. The fourth-order valence-corrected chi connectivity index (χ4v) is 4.65. The van der Waals surface area contributed by atoms with Crippen LogP contribution in [0.5, 0.6) is 0 Å². The first-order chi connectivity index (χ1) is 14.7. The van der Waals surface area contributed by atoms with Crippen LogP contribution in [0.15, 0.2) is 88.7 Å². The number of rotatable bonds is 8. The molecule has 31 heavy (non-hydrogen) atoms. The van der Waals surface area contributed by atoms with Gasteiger partial charge in [-0.3, -0.25) is 14.3 Å². The number of hydrogen-bond donors (Lipinski definition) is 2. The van der Waals surface area contributed by atoms with E-state index in [2.05, 4.69) is 10.0 Å². The van der Waals surface area contributed by atoms with Crippen molar-refractivity contribution in [2.24, 2.45) is 0 Å². The minimum atomic E-state index is -3.65. The Balaban J connectivity index is 1.58. The lowest BCUT2D eigenvalue weighted by atomic mass is 10.1. The average Bonchev–Trinajstić information content (AvgIpc) is 2.76. The van der Waals surface area contributed by atoms with Crippen LogP contribution in [0.3, 0.4) is 0 Å². The number of anilines is 2. The van der Waals surface area contributed by atoms with Gasteiger partial charge in [-0.05, 0) is 74.5 Å². The van der Waals surface area contributed by atoms with Gasteiger partial charge in [-0.15, -0.1) is 11.8 Å². The molecule has 0 fully saturated rings. The quantitative estimate of drug-likeness (QED) is 0.376. The van der Waals surface area contributed by atoms with E-state index in [1.165, 1.54) is 30.8 Å². The zero-order valence-electron chi connectivity index (χ0n) is 17.0. The predicted molar refractivity (Wildman–Crippen MR) is 124 cm³/mol. The van der Waals surface area contributed by atoms with E-state index in [0.29, 0.717) is 16.9 Å². The topological polar surface area (TPSA) is 92.3 Å². The van der Waals surface area contributed by atoms with Crippen molar-refractivity contribution < 1.29 is 18.0 Å². The van der Waals surface area contributed by atoms with Crippen LogP contribution in [-0.2, 0) is 14.8 Å². The number of carbonyl (C=O) groups is 2. The normalized spacial score (nSPS) is 12.1. The fourth-order valence-electron chi connectivity index (χ4n) is 2.71. The van der Waals surface area contributed by atoms with E-state index in [1.807, 2.05) is 0 Å². The van der Waals surface area contributed by atoms with Crippen LogP contribution in [-0.4, -0.2) is 25.4 Å². The van der Waals surface area contributed by atoms with Crippen LogP contribution in [0, 0.1) is 0 Å². The first-order valence-electron chi connectivity index (χ1n) is 9.51.